The Balaban J connectivity index is 1.56. The quantitative estimate of drug-likeness (QED) is 0.447. The minimum absolute atomic E-state index is 0.114. The van der Waals surface area contributed by atoms with Crippen molar-refractivity contribution in [1.29, 1.82) is 0 Å². The molecule has 4 aromatic heterocycles. The Morgan fingerprint density at radius 1 is 1.06 bits per heavy atom. The molecule has 0 aliphatic rings. The second kappa shape index (κ2) is 7.80. The summed E-state index contributed by atoms with van der Waals surface area (Å²) in [6.45, 7) is 0.114. The molecule has 0 unspecified atom stereocenters. The molecule has 0 spiro atoms. The van der Waals surface area contributed by atoms with Gasteiger partial charge in [-0.25, -0.2) is 9.78 Å². The van der Waals surface area contributed by atoms with E-state index in [1.807, 2.05) is 43.6 Å². The van der Waals surface area contributed by atoms with Gasteiger partial charge < -0.3 is 9.55 Å². The molecule has 5 aromatic rings. The summed E-state index contributed by atoms with van der Waals surface area (Å²) in [6.07, 6.45) is 4.92. The number of aryl methyl sites for hydroxylation is 4. The summed E-state index contributed by atoms with van der Waals surface area (Å²) in [4.78, 5) is 38.3. The van der Waals surface area contributed by atoms with E-state index in [0.717, 1.165) is 34.4 Å². The van der Waals surface area contributed by atoms with Crippen molar-refractivity contribution < 1.29 is 0 Å². The molecule has 32 heavy (non-hydrogen) atoms. The van der Waals surface area contributed by atoms with Crippen molar-refractivity contribution in [1.82, 2.24) is 28.7 Å². The van der Waals surface area contributed by atoms with E-state index in [1.165, 1.54) is 9.13 Å². The van der Waals surface area contributed by atoms with Crippen molar-refractivity contribution in [3.63, 3.8) is 0 Å². The molecule has 162 valence electrons. The van der Waals surface area contributed by atoms with E-state index in [4.69, 9.17) is 11.6 Å². The zero-order chi connectivity index (χ0) is 22.4. The van der Waals surface area contributed by atoms with Crippen LogP contribution in [0.5, 0.6) is 0 Å². The van der Waals surface area contributed by atoms with Crippen molar-refractivity contribution in [2.45, 2.75) is 19.4 Å². The zero-order valence-electron chi connectivity index (χ0n) is 17.7. The monoisotopic (exact) mass is 448 g/mol. The van der Waals surface area contributed by atoms with Crippen molar-refractivity contribution in [3.8, 4) is 0 Å². The number of nitrogens with one attached hydrogen (secondary N) is 1. The summed E-state index contributed by atoms with van der Waals surface area (Å²) in [5, 5.41) is 1.47. The molecule has 0 aliphatic carbocycles. The Hall–Kier alpha value is -3.65. The lowest BCUT2D eigenvalue weighted by Gasteiger charge is -2.08. The molecule has 0 saturated carbocycles. The first-order valence-corrected chi connectivity index (χ1v) is 10.6. The van der Waals surface area contributed by atoms with Gasteiger partial charge in [0.05, 0.1) is 6.54 Å². The highest BCUT2D eigenvalue weighted by molar-refractivity contribution is 6.35. The van der Waals surface area contributed by atoms with Crippen LogP contribution in [0.15, 0.2) is 58.4 Å². The Bertz CT molecular complexity index is 1580. The summed E-state index contributed by atoms with van der Waals surface area (Å²) in [7, 11) is 3.45. The third-order valence-corrected chi connectivity index (χ3v) is 6.14. The van der Waals surface area contributed by atoms with Gasteiger partial charge in [0.25, 0.3) is 5.56 Å². The van der Waals surface area contributed by atoms with Gasteiger partial charge in [-0.3, -0.25) is 18.9 Å². The van der Waals surface area contributed by atoms with Gasteiger partial charge in [0.2, 0.25) is 0 Å². The first-order chi connectivity index (χ1) is 15.4. The molecule has 0 saturated heterocycles. The van der Waals surface area contributed by atoms with Crippen LogP contribution in [0.3, 0.4) is 0 Å². The number of hydrogen-bond acceptors (Lipinski definition) is 4. The fourth-order valence-electron chi connectivity index (χ4n) is 4.09. The third-order valence-electron chi connectivity index (χ3n) is 5.81. The fraction of sp³-hybridized carbons (Fsp3) is 0.217. The van der Waals surface area contributed by atoms with Gasteiger partial charge in [0, 0.05) is 54.5 Å². The third kappa shape index (κ3) is 3.33. The Labute approximate surface area is 187 Å². The zero-order valence-corrected chi connectivity index (χ0v) is 18.4. The minimum Gasteiger partial charge on any atom is -0.357 e. The van der Waals surface area contributed by atoms with Crippen LogP contribution in [0.25, 0.3) is 22.1 Å². The molecule has 0 aliphatic heterocycles. The number of aromatic amines is 1. The van der Waals surface area contributed by atoms with E-state index in [0.29, 0.717) is 22.6 Å². The smallest absolute Gasteiger partial charge is 0.332 e. The molecule has 5 rings (SSSR count). The van der Waals surface area contributed by atoms with Crippen LogP contribution in [0, 0.1) is 0 Å². The molecule has 1 aromatic carbocycles. The predicted octanol–water partition coefficient (Wildman–Crippen LogP) is 2.80. The molecule has 1 N–H and O–H groups in total. The normalized spacial score (nSPS) is 11.6. The van der Waals surface area contributed by atoms with Crippen LogP contribution < -0.4 is 11.2 Å². The number of imidazole rings is 1. The lowest BCUT2D eigenvalue weighted by molar-refractivity contribution is 0.648. The molecule has 0 bridgehead atoms. The van der Waals surface area contributed by atoms with Gasteiger partial charge in [0.1, 0.15) is 5.82 Å². The van der Waals surface area contributed by atoms with Gasteiger partial charge in [0.15, 0.2) is 11.2 Å². The molecule has 0 amide bonds. The molecule has 8 nitrogen and oxygen atoms in total. The van der Waals surface area contributed by atoms with E-state index in [-0.39, 0.29) is 12.1 Å². The van der Waals surface area contributed by atoms with Crippen LogP contribution in [0.2, 0.25) is 5.02 Å². The number of hydrogen-bond donors (Lipinski definition) is 1. The van der Waals surface area contributed by atoms with E-state index < -0.39 is 5.69 Å². The fourth-order valence-corrected chi connectivity index (χ4v) is 4.31. The number of pyridine rings is 1. The second-order valence-electron chi connectivity index (χ2n) is 7.85. The summed E-state index contributed by atoms with van der Waals surface area (Å²) in [5.41, 5.74) is 2.69. The van der Waals surface area contributed by atoms with Crippen LogP contribution in [0.1, 0.15) is 17.1 Å². The molecule has 4 heterocycles. The maximum Gasteiger partial charge on any atom is 0.332 e. The summed E-state index contributed by atoms with van der Waals surface area (Å²) in [6, 6.07) is 11.3. The first-order valence-electron chi connectivity index (χ1n) is 10.2. The van der Waals surface area contributed by atoms with Gasteiger partial charge in [-0.1, -0.05) is 23.7 Å². The van der Waals surface area contributed by atoms with E-state index >= 15 is 0 Å². The highest BCUT2D eigenvalue weighted by Crippen LogP contribution is 2.24. The summed E-state index contributed by atoms with van der Waals surface area (Å²) in [5.74, 6) is 0.742. The molecule has 0 fully saturated rings. The van der Waals surface area contributed by atoms with Gasteiger partial charge in [-0.15, -0.1) is 0 Å². The SMILES string of the molecule is Cn1c(CCc2cccnc2)nc2c1c(=O)n(Cc1cc3c(Cl)cccc3[nH]1)c(=O)n2C. The maximum absolute atomic E-state index is 13.3. The maximum atomic E-state index is 13.3. The van der Waals surface area contributed by atoms with Crippen molar-refractivity contribution in [3.05, 3.63) is 91.7 Å². The first kappa shape index (κ1) is 20.3. The van der Waals surface area contributed by atoms with E-state index in [9.17, 15) is 9.59 Å². The number of aromatic nitrogens is 6. The second-order valence-corrected chi connectivity index (χ2v) is 8.26. The molecular weight excluding hydrogens is 428 g/mol. The van der Waals surface area contributed by atoms with E-state index in [1.54, 1.807) is 23.9 Å². The largest absolute Gasteiger partial charge is 0.357 e. The Morgan fingerprint density at radius 2 is 1.91 bits per heavy atom. The highest BCUT2D eigenvalue weighted by atomic mass is 35.5. The average molecular weight is 449 g/mol. The van der Waals surface area contributed by atoms with Crippen LogP contribution in [0.4, 0.5) is 0 Å². The number of nitrogens with zero attached hydrogens (tertiary/aromatic N) is 5. The van der Waals surface area contributed by atoms with Crippen molar-refractivity contribution in [2.24, 2.45) is 14.1 Å². The van der Waals surface area contributed by atoms with Crippen LogP contribution in [-0.2, 0) is 33.5 Å². The highest BCUT2D eigenvalue weighted by Gasteiger charge is 2.19. The predicted molar refractivity (Wildman–Crippen MR) is 124 cm³/mol. The topological polar surface area (TPSA) is 90.5 Å². The minimum atomic E-state index is -0.413. The van der Waals surface area contributed by atoms with Crippen LogP contribution >= 0.6 is 11.6 Å². The lowest BCUT2D eigenvalue weighted by atomic mass is 10.1. The number of H-pyrrole nitrogens is 1. The van der Waals surface area contributed by atoms with Gasteiger partial charge in [-0.05, 0) is 36.2 Å². The molecule has 0 radical (unpaired) electrons. The number of benzene rings is 1. The van der Waals surface area contributed by atoms with Crippen LogP contribution in [-0.4, -0.2) is 28.7 Å². The van der Waals surface area contributed by atoms with Gasteiger partial charge in [-0.2, -0.15) is 0 Å². The average Bonchev–Trinajstić information content (AvgIpc) is 3.36. The van der Waals surface area contributed by atoms with Crippen molar-refractivity contribution in [2.75, 3.05) is 0 Å². The Kier molecular flexibility index (Phi) is 4.94. The van der Waals surface area contributed by atoms with Crippen molar-refractivity contribution >= 4 is 33.7 Å². The number of fused-ring (bicyclic) bond motifs is 2. The molecular formula is C23H21ClN6O2. The standard InChI is InChI=1S/C23H21ClN6O2/c1-28-19(9-8-14-5-4-10-25-12-14)27-21-20(28)22(31)30(23(32)29(21)2)13-15-11-16-17(24)6-3-7-18(16)26-15/h3-7,10-12,26H,8-9,13H2,1-2H3. The van der Waals surface area contributed by atoms with Gasteiger partial charge >= 0.3 is 5.69 Å². The number of halogens is 1. The lowest BCUT2D eigenvalue weighted by Crippen LogP contribution is -2.39. The summed E-state index contributed by atoms with van der Waals surface area (Å²) >= 11 is 6.27. The Morgan fingerprint density at radius 3 is 2.66 bits per heavy atom. The van der Waals surface area contributed by atoms with E-state index in [2.05, 4.69) is 15.0 Å². The molecule has 0 atom stereocenters. The number of rotatable bonds is 5. The molecule has 9 heteroatoms. The summed E-state index contributed by atoms with van der Waals surface area (Å²) < 4.78 is 4.44.